The number of fused-ring (bicyclic) bond motifs is 12. The number of benzene rings is 8. The minimum Gasteiger partial charge on any atom is -0.468 e. The van der Waals surface area contributed by atoms with E-state index in [9.17, 15) is 0 Å². The van der Waals surface area contributed by atoms with Gasteiger partial charge in [-0.25, -0.2) is 0 Å². The Morgan fingerprint density at radius 3 is 1.55 bits per heavy atom. The highest BCUT2D eigenvalue weighted by Crippen LogP contribution is 2.57. The van der Waals surface area contributed by atoms with Crippen LogP contribution in [0.15, 0.2) is 148 Å². The van der Waals surface area contributed by atoms with Gasteiger partial charge in [-0.3, -0.25) is 0 Å². The second-order valence-electron chi connectivity index (χ2n) is 33.9. The Labute approximate surface area is 531 Å². The Bertz CT molecular complexity index is 4620. The number of hydrogen-bond acceptors (Lipinski definition) is 5. The lowest BCUT2D eigenvalue weighted by atomic mass is 9.35. The molecule has 0 saturated carbocycles. The molecule has 10 aromatic rings. The summed E-state index contributed by atoms with van der Waals surface area (Å²) in [5.74, 6) is 0. The van der Waals surface area contributed by atoms with Crippen LogP contribution in [0, 0.1) is 6.92 Å². The predicted octanol–water partition coefficient (Wildman–Crippen LogP) is 21.8. The van der Waals surface area contributed by atoms with Gasteiger partial charge in [0.25, 0.3) is 6.71 Å². The summed E-state index contributed by atoms with van der Waals surface area (Å²) in [6.07, 6.45) is 6.80. The van der Waals surface area contributed by atoms with E-state index in [1.807, 2.05) is 0 Å². The van der Waals surface area contributed by atoms with E-state index in [1.54, 1.807) is 0 Å². The molecule has 5 aliphatic rings. The second kappa shape index (κ2) is 18.8. The molecule has 0 spiro atoms. The maximum absolute atomic E-state index is 7.92. The van der Waals surface area contributed by atoms with Gasteiger partial charge in [0, 0.05) is 56.0 Å². The fraction of sp³-hybridized carbons (Fsp3) is 0.398. The Kier molecular flexibility index (Phi) is 12.3. The minimum absolute atomic E-state index is 0.00961. The number of rotatable bonds is 5. The van der Waals surface area contributed by atoms with Gasteiger partial charge in [0.05, 0.1) is 17.0 Å². The summed E-state index contributed by atoms with van der Waals surface area (Å²) in [4.78, 5) is 7.90. The van der Waals surface area contributed by atoms with E-state index >= 15 is 0 Å². The van der Waals surface area contributed by atoms with Gasteiger partial charge >= 0.3 is 0 Å². The highest BCUT2D eigenvalue weighted by Gasteiger charge is 2.50. The third-order valence-electron chi connectivity index (χ3n) is 22.9. The molecule has 0 N–H and O–H groups in total. The number of para-hydroxylation sites is 1. The first-order valence-electron chi connectivity index (χ1n) is 33.4. The molecule has 6 heteroatoms. The average Bonchev–Trinajstić information content (AvgIpc) is 1.68. The zero-order valence-corrected chi connectivity index (χ0v) is 56.8. The van der Waals surface area contributed by atoms with Crippen molar-refractivity contribution >= 4 is 107 Å². The van der Waals surface area contributed by atoms with E-state index in [0.29, 0.717) is 0 Å². The molecule has 0 unspecified atom stereocenters. The lowest BCUT2D eigenvalue weighted by molar-refractivity contribution is 0.332. The van der Waals surface area contributed by atoms with Crippen LogP contribution in [0.25, 0.3) is 32.9 Å². The zero-order chi connectivity index (χ0) is 62.8. The van der Waals surface area contributed by atoms with E-state index in [4.69, 9.17) is 8.83 Å². The van der Waals surface area contributed by atoms with Crippen molar-refractivity contribution in [2.24, 2.45) is 0 Å². The van der Waals surface area contributed by atoms with Gasteiger partial charge in [0.2, 0.25) is 0 Å². The molecule has 454 valence electrons. The maximum Gasteiger partial charge on any atom is 0.297 e. The van der Waals surface area contributed by atoms with Crippen LogP contribution in [-0.2, 0) is 43.3 Å². The van der Waals surface area contributed by atoms with E-state index in [-0.39, 0.29) is 50.0 Å². The minimum atomic E-state index is -0.242. The number of hydrogen-bond donors (Lipinski definition) is 0. The summed E-state index contributed by atoms with van der Waals surface area (Å²) < 4.78 is 14.5. The fourth-order valence-corrected chi connectivity index (χ4v) is 16.7. The molecule has 15 rings (SSSR count). The summed E-state index contributed by atoms with van der Waals surface area (Å²) in [6.45, 7) is 45.7. The van der Waals surface area contributed by atoms with Crippen LogP contribution in [0.2, 0.25) is 0 Å². The first-order valence-corrected chi connectivity index (χ1v) is 33.4. The number of anilines is 9. The van der Waals surface area contributed by atoms with Gasteiger partial charge in [0.15, 0.2) is 0 Å². The average molecular weight is 1170 g/mol. The quantitative estimate of drug-likeness (QED) is 0.161. The topological polar surface area (TPSA) is 36.0 Å². The van der Waals surface area contributed by atoms with Crippen molar-refractivity contribution in [3.63, 3.8) is 0 Å². The third kappa shape index (κ3) is 8.81. The smallest absolute Gasteiger partial charge is 0.297 e. The molecule has 4 heterocycles. The molecular weight excluding hydrogens is 1080 g/mol. The Balaban J connectivity index is 1.12. The van der Waals surface area contributed by atoms with Crippen LogP contribution in [0.3, 0.4) is 0 Å². The van der Waals surface area contributed by atoms with Crippen LogP contribution >= 0.6 is 0 Å². The predicted molar refractivity (Wildman–Crippen MR) is 380 cm³/mol. The van der Waals surface area contributed by atoms with E-state index in [1.165, 1.54) is 83.4 Å². The van der Waals surface area contributed by atoms with Gasteiger partial charge in [-0.05, 0) is 235 Å². The lowest BCUT2D eigenvalue weighted by Crippen LogP contribution is -2.61. The Morgan fingerprint density at radius 1 is 0.393 bits per heavy atom. The maximum atomic E-state index is 7.92. The molecule has 0 atom stereocenters. The molecule has 5 nitrogen and oxygen atoms in total. The summed E-state index contributed by atoms with van der Waals surface area (Å²) in [7, 11) is 0. The highest BCUT2D eigenvalue weighted by molar-refractivity contribution is 7.00. The van der Waals surface area contributed by atoms with Gasteiger partial charge in [0.1, 0.15) is 16.7 Å². The number of furan rings is 2. The van der Waals surface area contributed by atoms with Gasteiger partial charge in [-0.1, -0.05) is 179 Å². The summed E-state index contributed by atoms with van der Waals surface area (Å²) in [6, 6.07) is 55.0. The van der Waals surface area contributed by atoms with Crippen molar-refractivity contribution < 1.29 is 8.83 Å². The van der Waals surface area contributed by atoms with Crippen molar-refractivity contribution in [2.45, 2.75) is 213 Å². The fourth-order valence-electron chi connectivity index (χ4n) is 16.7. The van der Waals surface area contributed by atoms with Crippen molar-refractivity contribution in [3.05, 3.63) is 190 Å². The molecule has 0 amide bonds. The Morgan fingerprint density at radius 2 is 0.921 bits per heavy atom. The first-order chi connectivity index (χ1) is 41.7. The van der Waals surface area contributed by atoms with Crippen molar-refractivity contribution in [3.8, 4) is 0 Å². The molecular formula is C83H92BN3O2. The number of nitrogens with zero attached hydrogens (tertiary/aromatic N) is 3. The molecule has 3 aliphatic carbocycles. The standard InChI is InChI=1S/C83H92BN3O2/c1-49-40-60-63(82(16,17)38-36-79(60,10)11)47-67(49)87-66-32-26-51(77(5,6)7)41-65(66)84-73-68(44-55(45-69(73)87)85(52-27-24-50(25-28-52)76(2,3)4)53-30-33-71-57(42-53)56-22-20-21-23-70(56)88-71)86(54-29-31-59-61(43-54)80(12,13)35-34-78(59,8)9)74-58-46-62-64(48-72(58)89-75(74)84)83(18,19)39-37-81(62,14)15/h20-33,40-48H,34-39H2,1-19H3. The molecule has 0 radical (unpaired) electrons. The highest BCUT2D eigenvalue weighted by atomic mass is 16.3. The summed E-state index contributed by atoms with van der Waals surface area (Å²) in [5, 5.41) is 3.39. The van der Waals surface area contributed by atoms with Crippen LogP contribution in [0.4, 0.5) is 51.2 Å². The molecule has 0 fully saturated rings. The van der Waals surface area contributed by atoms with Crippen LogP contribution in [0.5, 0.6) is 0 Å². The van der Waals surface area contributed by atoms with E-state index in [2.05, 4.69) is 286 Å². The van der Waals surface area contributed by atoms with Crippen molar-refractivity contribution in [2.75, 3.05) is 14.7 Å². The molecule has 0 saturated heterocycles. The van der Waals surface area contributed by atoms with Gasteiger partial charge in [-0.15, -0.1) is 0 Å². The van der Waals surface area contributed by atoms with Gasteiger partial charge in [-0.2, -0.15) is 0 Å². The largest absolute Gasteiger partial charge is 0.468 e. The third-order valence-corrected chi connectivity index (χ3v) is 22.9. The second-order valence-corrected chi connectivity index (χ2v) is 33.9. The SMILES string of the molecule is Cc1cc2c(cc1N1c3ccc(C(C)(C)C)cc3B3c4oc5cc6c(cc5c4N(c4ccc5c(c4)C(C)(C)CCC5(C)C)c4cc(N(c5ccc(C(C)(C)C)cc5)c5ccc7oc8ccccc8c7c5)cc1c43)C(C)(C)CCC6(C)C)C(C)(C)CCC2(C)C. The summed E-state index contributed by atoms with van der Waals surface area (Å²) in [5.41, 5.74) is 29.0. The molecule has 8 aromatic carbocycles. The monoisotopic (exact) mass is 1170 g/mol. The van der Waals surface area contributed by atoms with Crippen molar-refractivity contribution in [1.82, 2.24) is 0 Å². The number of aryl methyl sites for hydroxylation is 1. The van der Waals surface area contributed by atoms with Crippen LogP contribution in [-0.4, -0.2) is 6.71 Å². The molecule has 0 bridgehead atoms. The van der Waals surface area contributed by atoms with E-state index < -0.39 is 0 Å². The first kappa shape index (κ1) is 58.0. The van der Waals surface area contributed by atoms with E-state index in [0.717, 1.165) is 106 Å². The summed E-state index contributed by atoms with van der Waals surface area (Å²) >= 11 is 0. The zero-order valence-electron chi connectivity index (χ0n) is 56.8. The lowest BCUT2D eigenvalue weighted by Gasteiger charge is -2.46. The molecule has 89 heavy (non-hydrogen) atoms. The van der Waals surface area contributed by atoms with Gasteiger partial charge < -0.3 is 23.5 Å². The Hall–Kier alpha value is -7.44. The van der Waals surface area contributed by atoms with Crippen LogP contribution in [0.1, 0.15) is 213 Å². The van der Waals surface area contributed by atoms with Crippen molar-refractivity contribution in [1.29, 1.82) is 0 Å². The molecule has 2 aliphatic heterocycles. The van der Waals surface area contributed by atoms with Crippen LogP contribution < -0.4 is 31.3 Å². The molecule has 2 aromatic heterocycles. The normalized spacial score (nSPS) is 18.9.